The average Bonchev–Trinajstić information content (AvgIpc) is 2.98. The van der Waals surface area contributed by atoms with Gasteiger partial charge in [0.25, 0.3) is 10.0 Å². The first-order chi connectivity index (χ1) is 15.2. The van der Waals surface area contributed by atoms with Crippen molar-refractivity contribution in [3.8, 4) is 0 Å². The summed E-state index contributed by atoms with van der Waals surface area (Å²) in [7, 11) is -4.32. The van der Waals surface area contributed by atoms with E-state index >= 15 is 0 Å². The number of carbonyl (C=O) groups is 2. The highest BCUT2D eigenvalue weighted by Gasteiger charge is 2.51. The van der Waals surface area contributed by atoms with Crippen molar-refractivity contribution < 1.29 is 26.8 Å². The van der Waals surface area contributed by atoms with E-state index in [1.165, 1.54) is 0 Å². The molecule has 0 aliphatic heterocycles. The molecule has 0 saturated heterocycles. The normalized spacial score (nSPS) is 22.0. The molecule has 5 nitrogen and oxygen atoms in total. The minimum Gasteiger partial charge on any atom is -0.300 e. The molecule has 3 aliphatic rings. The van der Waals surface area contributed by atoms with Crippen molar-refractivity contribution in [3.05, 3.63) is 58.7 Å². The summed E-state index contributed by atoms with van der Waals surface area (Å²) in [5.74, 6) is -1.81. The highest BCUT2D eigenvalue weighted by molar-refractivity contribution is 7.92. The third-order valence-electron chi connectivity index (χ3n) is 7.24. The number of sulfonamides is 1. The number of hydrogen-bond donors (Lipinski definition) is 1. The van der Waals surface area contributed by atoms with Gasteiger partial charge in [-0.1, -0.05) is 6.42 Å². The molecule has 32 heavy (non-hydrogen) atoms. The van der Waals surface area contributed by atoms with E-state index in [1.807, 2.05) is 0 Å². The van der Waals surface area contributed by atoms with Gasteiger partial charge in [-0.05, 0) is 72.6 Å². The molecule has 5 rings (SSSR count). The van der Waals surface area contributed by atoms with Gasteiger partial charge in [0.05, 0.1) is 5.41 Å². The van der Waals surface area contributed by atoms with Gasteiger partial charge in [-0.2, -0.15) is 0 Å². The standard InChI is InChI=1S/C24H23F2NO4S/c25-15-5-6-22(21(26)10-15)32(30,31)27-16-11-18(14-3-1-4-17(28)9-14)19-13-23(29)24(7-2-8-24)20(19)12-16/h5-6,10-12,14,27H,1-4,7-9,13H2. The van der Waals surface area contributed by atoms with E-state index in [2.05, 4.69) is 4.72 Å². The van der Waals surface area contributed by atoms with Crippen LogP contribution in [-0.4, -0.2) is 20.0 Å². The number of fused-ring (bicyclic) bond motifs is 2. The molecule has 168 valence electrons. The topological polar surface area (TPSA) is 80.3 Å². The van der Waals surface area contributed by atoms with Crippen LogP contribution in [0.2, 0.25) is 0 Å². The smallest absolute Gasteiger partial charge is 0.264 e. The molecule has 2 fully saturated rings. The van der Waals surface area contributed by atoms with Crippen LogP contribution in [0.1, 0.15) is 67.6 Å². The van der Waals surface area contributed by atoms with Gasteiger partial charge in [-0.15, -0.1) is 0 Å². The first-order valence-electron chi connectivity index (χ1n) is 10.9. The number of benzene rings is 2. The van der Waals surface area contributed by atoms with E-state index in [-0.39, 0.29) is 23.2 Å². The largest absolute Gasteiger partial charge is 0.300 e. The number of carbonyl (C=O) groups excluding carboxylic acids is 2. The van der Waals surface area contributed by atoms with Gasteiger partial charge < -0.3 is 0 Å². The van der Waals surface area contributed by atoms with Crippen LogP contribution < -0.4 is 4.72 Å². The molecule has 2 aromatic carbocycles. The summed E-state index contributed by atoms with van der Waals surface area (Å²) in [6, 6.07) is 5.68. The molecule has 1 spiro atoms. The predicted octanol–water partition coefficient (Wildman–Crippen LogP) is 4.54. The zero-order valence-electron chi connectivity index (χ0n) is 17.4. The molecule has 2 saturated carbocycles. The third kappa shape index (κ3) is 3.36. The highest BCUT2D eigenvalue weighted by atomic mass is 32.2. The summed E-state index contributed by atoms with van der Waals surface area (Å²) in [5.41, 5.74) is 2.25. The fourth-order valence-corrected chi connectivity index (χ4v) is 6.59. The van der Waals surface area contributed by atoms with E-state index in [4.69, 9.17) is 0 Å². The monoisotopic (exact) mass is 459 g/mol. The number of hydrogen-bond acceptors (Lipinski definition) is 4. The van der Waals surface area contributed by atoms with Gasteiger partial charge in [0.2, 0.25) is 0 Å². The molecule has 0 radical (unpaired) electrons. The Labute approximate surface area is 185 Å². The van der Waals surface area contributed by atoms with E-state index in [9.17, 15) is 26.8 Å². The second-order valence-electron chi connectivity index (χ2n) is 9.14. The van der Waals surface area contributed by atoms with Crippen molar-refractivity contribution in [2.24, 2.45) is 0 Å². The molecule has 1 unspecified atom stereocenters. The van der Waals surface area contributed by atoms with E-state index < -0.39 is 32.0 Å². The highest BCUT2D eigenvalue weighted by Crippen LogP contribution is 2.53. The van der Waals surface area contributed by atoms with Crippen molar-refractivity contribution in [2.75, 3.05) is 4.72 Å². The predicted molar refractivity (Wildman–Crippen MR) is 114 cm³/mol. The zero-order chi connectivity index (χ0) is 22.7. The quantitative estimate of drug-likeness (QED) is 0.728. The fraction of sp³-hybridized carbons (Fsp3) is 0.417. The van der Waals surface area contributed by atoms with E-state index in [1.54, 1.807) is 12.1 Å². The van der Waals surface area contributed by atoms with Gasteiger partial charge in [0, 0.05) is 31.0 Å². The maximum absolute atomic E-state index is 14.2. The van der Waals surface area contributed by atoms with Crippen LogP contribution in [0.4, 0.5) is 14.5 Å². The summed E-state index contributed by atoms with van der Waals surface area (Å²) >= 11 is 0. The summed E-state index contributed by atoms with van der Waals surface area (Å²) in [6.45, 7) is 0. The van der Waals surface area contributed by atoms with Gasteiger partial charge in [0.1, 0.15) is 28.1 Å². The lowest BCUT2D eigenvalue weighted by Gasteiger charge is -2.38. The van der Waals surface area contributed by atoms with Gasteiger partial charge in [-0.3, -0.25) is 14.3 Å². The Bertz CT molecular complexity index is 1250. The fourth-order valence-electron chi connectivity index (χ4n) is 5.49. The number of Topliss-reactive ketones (excluding diaryl/α,β-unsaturated/α-hetero) is 2. The molecule has 1 atom stereocenters. The Morgan fingerprint density at radius 3 is 2.47 bits per heavy atom. The summed E-state index contributed by atoms with van der Waals surface area (Å²) in [5, 5.41) is 0. The van der Waals surface area contributed by atoms with Crippen LogP contribution in [0.3, 0.4) is 0 Å². The maximum atomic E-state index is 14.2. The van der Waals surface area contributed by atoms with Crippen LogP contribution in [-0.2, 0) is 31.4 Å². The zero-order valence-corrected chi connectivity index (χ0v) is 18.2. The van der Waals surface area contributed by atoms with Crippen LogP contribution in [0, 0.1) is 11.6 Å². The molecule has 0 bridgehead atoms. The second kappa shape index (κ2) is 7.47. The van der Waals surface area contributed by atoms with Gasteiger partial charge >= 0.3 is 0 Å². The lowest BCUT2D eigenvalue weighted by Crippen LogP contribution is -2.39. The summed E-state index contributed by atoms with van der Waals surface area (Å²) < 4.78 is 55.6. The molecule has 1 N–H and O–H groups in total. The van der Waals surface area contributed by atoms with Gasteiger partial charge in [0.15, 0.2) is 0 Å². The maximum Gasteiger partial charge on any atom is 0.264 e. The van der Waals surface area contributed by atoms with Crippen LogP contribution in [0.15, 0.2) is 35.2 Å². The van der Waals surface area contributed by atoms with E-state index in [0.717, 1.165) is 60.9 Å². The number of ketones is 2. The molecular formula is C24H23F2NO4S. The van der Waals surface area contributed by atoms with Crippen molar-refractivity contribution in [2.45, 2.75) is 67.6 Å². The Hall–Kier alpha value is -2.61. The second-order valence-corrected chi connectivity index (χ2v) is 10.8. The molecule has 3 aliphatic carbocycles. The van der Waals surface area contributed by atoms with Crippen LogP contribution in [0.25, 0.3) is 0 Å². The molecule has 2 aromatic rings. The van der Waals surface area contributed by atoms with Crippen molar-refractivity contribution in [1.29, 1.82) is 0 Å². The number of halogens is 2. The molecule has 8 heteroatoms. The van der Waals surface area contributed by atoms with Crippen molar-refractivity contribution in [1.82, 2.24) is 0 Å². The summed E-state index contributed by atoms with van der Waals surface area (Å²) in [4.78, 5) is 24.4. The van der Waals surface area contributed by atoms with Crippen LogP contribution in [0.5, 0.6) is 0 Å². The van der Waals surface area contributed by atoms with E-state index in [0.29, 0.717) is 25.3 Å². The number of nitrogens with one attached hydrogen (secondary N) is 1. The van der Waals surface area contributed by atoms with Crippen molar-refractivity contribution >= 4 is 27.3 Å². The lowest BCUT2D eigenvalue weighted by atomic mass is 9.64. The summed E-state index contributed by atoms with van der Waals surface area (Å²) in [6.07, 6.45) is 5.15. The van der Waals surface area contributed by atoms with Crippen LogP contribution >= 0.6 is 0 Å². The molecule has 0 amide bonds. The molecular weight excluding hydrogens is 436 g/mol. The Morgan fingerprint density at radius 2 is 1.81 bits per heavy atom. The third-order valence-corrected chi connectivity index (χ3v) is 8.65. The minimum absolute atomic E-state index is 0.0694. The number of anilines is 1. The Morgan fingerprint density at radius 1 is 1.03 bits per heavy atom. The number of rotatable bonds is 4. The first kappa shape index (κ1) is 21.2. The SMILES string of the molecule is O=C1CCCC(c2cc(NS(=O)(=O)c3ccc(F)cc3F)cc3c2CC(=O)C32CCC2)C1. The Balaban J connectivity index is 1.60. The Kier molecular flexibility index (Phi) is 4.96. The average molecular weight is 460 g/mol. The molecule has 0 heterocycles. The van der Waals surface area contributed by atoms with Crippen molar-refractivity contribution in [3.63, 3.8) is 0 Å². The molecule has 0 aromatic heterocycles. The lowest BCUT2D eigenvalue weighted by molar-refractivity contribution is -0.125. The first-order valence-corrected chi connectivity index (χ1v) is 12.4. The minimum atomic E-state index is -4.32. The van der Waals surface area contributed by atoms with Gasteiger partial charge in [-0.25, -0.2) is 17.2 Å².